The molecule has 0 saturated heterocycles. The van der Waals surface area contributed by atoms with Gasteiger partial charge in [-0.15, -0.1) is 5.10 Å². The van der Waals surface area contributed by atoms with Crippen LogP contribution in [0, 0.1) is 11.6 Å². The van der Waals surface area contributed by atoms with Gasteiger partial charge in [0.25, 0.3) is 0 Å². The van der Waals surface area contributed by atoms with Gasteiger partial charge in [-0.2, -0.15) is 0 Å². The average Bonchev–Trinajstić information content (AvgIpc) is 3.43. The molecule has 0 aliphatic carbocycles. The monoisotopic (exact) mass is 428 g/mol. The predicted molar refractivity (Wildman–Crippen MR) is 105 cm³/mol. The van der Waals surface area contributed by atoms with Gasteiger partial charge in [0.15, 0.2) is 0 Å². The molecule has 0 fully saturated rings. The largest absolute Gasteiger partial charge is 0.393 e. The zero-order valence-corrected chi connectivity index (χ0v) is 16.3. The van der Waals surface area contributed by atoms with Crippen LogP contribution in [-0.4, -0.2) is 46.2 Å². The quantitative estimate of drug-likeness (QED) is 0.480. The van der Waals surface area contributed by atoms with E-state index >= 15 is 0 Å². The molecule has 2 atom stereocenters. The molecule has 0 amide bonds. The topological polar surface area (TPSA) is 111 Å². The van der Waals surface area contributed by atoms with Crippen molar-refractivity contribution < 1.29 is 19.0 Å². The highest BCUT2D eigenvalue weighted by atomic mass is 19.1. The van der Waals surface area contributed by atoms with Gasteiger partial charge in [0, 0.05) is 24.0 Å². The Balaban J connectivity index is 1.69. The van der Waals surface area contributed by atoms with Crippen molar-refractivity contribution in [2.24, 2.45) is 0 Å². The molecule has 0 saturated carbocycles. The molecule has 0 unspecified atom stereocenters. The molecule has 0 aliphatic heterocycles. The maximum Gasteiger partial charge on any atom is 0.333 e. The second kappa shape index (κ2) is 7.85. The van der Waals surface area contributed by atoms with E-state index in [1.54, 1.807) is 24.3 Å². The van der Waals surface area contributed by atoms with Crippen LogP contribution in [0.5, 0.6) is 0 Å². The van der Waals surface area contributed by atoms with Gasteiger partial charge in [-0.1, -0.05) is 6.07 Å². The number of hydrogen-bond acceptors (Lipinski definition) is 6. The predicted octanol–water partition coefficient (Wildman–Crippen LogP) is 1.33. The highest BCUT2D eigenvalue weighted by molar-refractivity contribution is 5.40. The Morgan fingerprint density at radius 3 is 2.42 bits per heavy atom. The van der Waals surface area contributed by atoms with Crippen LogP contribution in [0.4, 0.5) is 8.78 Å². The lowest BCUT2D eigenvalue weighted by molar-refractivity contribution is -0.0603. The fourth-order valence-electron chi connectivity index (χ4n) is 3.44. The van der Waals surface area contributed by atoms with E-state index in [2.05, 4.69) is 15.5 Å². The van der Waals surface area contributed by atoms with Crippen molar-refractivity contribution in [3.8, 4) is 11.4 Å². The Morgan fingerprint density at radius 1 is 1.10 bits per heavy atom. The number of hydrogen-bond donors (Lipinski definition) is 2. The van der Waals surface area contributed by atoms with Crippen LogP contribution in [0.2, 0.25) is 0 Å². The molecule has 0 bridgehead atoms. The molecule has 9 nitrogen and oxygen atoms in total. The first kappa shape index (κ1) is 20.6. The summed E-state index contributed by atoms with van der Waals surface area (Å²) in [4.78, 5) is 13.0. The SMILES string of the molecule is C[C@@H](n1ccn(-c2ccc(-n3cnnn3)cc2)c1=O)[C@@](O)(CO)c1ccc(F)cc1F. The Labute approximate surface area is 174 Å². The van der Waals surface area contributed by atoms with E-state index in [4.69, 9.17) is 0 Å². The van der Waals surface area contributed by atoms with Crippen molar-refractivity contribution >= 4 is 0 Å². The van der Waals surface area contributed by atoms with E-state index < -0.39 is 35.6 Å². The van der Waals surface area contributed by atoms with E-state index in [0.29, 0.717) is 17.4 Å². The number of aromatic nitrogens is 6. The minimum Gasteiger partial charge on any atom is -0.393 e. The van der Waals surface area contributed by atoms with Crippen LogP contribution in [0.15, 0.2) is 66.0 Å². The summed E-state index contributed by atoms with van der Waals surface area (Å²) in [6.07, 6.45) is 4.34. The molecule has 2 N–H and O–H groups in total. The normalized spacial score (nSPS) is 14.4. The fraction of sp³-hybridized carbons (Fsp3) is 0.200. The van der Waals surface area contributed by atoms with Crippen LogP contribution in [0.3, 0.4) is 0 Å². The number of rotatable bonds is 6. The van der Waals surface area contributed by atoms with Crippen molar-refractivity contribution in [2.45, 2.75) is 18.6 Å². The summed E-state index contributed by atoms with van der Waals surface area (Å²) in [6, 6.07) is 8.39. The van der Waals surface area contributed by atoms with E-state index in [9.17, 15) is 23.8 Å². The first-order valence-corrected chi connectivity index (χ1v) is 9.27. The van der Waals surface area contributed by atoms with Crippen molar-refractivity contribution in [3.05, 3.63) is 88.9 Å². The van der Waals surface area contributed by atoms with Gasteiger partial charge < -0.3 is 10.2 Å². The molecule has 0 spiro atoms. The van der Waals surface area contributed by atoms with E-state index in [0.717, 1.165) is 12.1 Å². The number of aliphatic hydroxyl groups excluding tert-OH is 1. The van der Waals surface area contributed by atoms with Crippen LogP contribution in [-0.2, 0) is 5.60 Å². The molecule has 4 rings (SSSR count). The minimum atomic E-state index is -2.16. The lowest BCUT2D eigenvalue weighted by atomic mass is 9.87. The van der Waals surface area contributed by atoms with Gasteiger partial charge in [0.1, 0.15) is 23.6 Å². The van der Waals surface area contributed by atoms with Gasteiger partial charge in [-0.05, 0) is 47.7 Å². The molecule has 160 valence electrons. The second-order valence-corrected chi connectivity index (χ2v) is 7.01. The Bertz CT molecular complexity index is 1250. The highest BCUT2D eigenvalue weighted by Gasteiger charge is 2.39. The summed E-state index contributed by atoms with van der Waals surface area (Å²) in [5, 5.41) is 31.8. The van der Waals surface area contributed by atoms with E-state index in [-0.39, 0.29) is 5.56 Å². The third-order valence-corrected chi connectivity index (χ3v) is 5.29. The number of imidazole rings is 1. The molecule has 2 aromatic heterocycles. The molecule has 2 heterocycles. The maximum atomic E-state index is 14.3. The Hall–Kier alpha value is -3.70. The summed E-state index contributed by atoms with van der Waals surface area (Å²) in [5.41, 5.74) is -1.76. The van der Waals surface area contributed by atoms with Gasteiger partial charge >= 0.3 is 5.69 Å². The summed E-state index contributed by atoms with van der Waals surface area (Å²) < 4.78 is 31.6. The smallest absolute Gasteiger partial charge is 0.333 e. The van der Waals surface area contributed by atoms with Crippen LogP contribution < -0.4 is 5.69 Å². The summed E-state index contributed by atoms with van der Waals surface area (Å²) in [5.74, 6) is -1.84. The van der Waals surface area contributed by atoms with Crippen LogP contribution in [0.1, 0.15) is 18.5 Å². The highest BCUT2D eigenvalue weighted by Crippen LogP contribution is 2.34. The van der Waals surface area contributed by atoms with Crippen molar-refractivity contribution in [2.75, 3.05) is 6.61 Å². The molecule has 31 heavy (non-hydrogen) atoms. The van der Waals surface area contributed by atoms with E-state index in [1.807, 2.05) is 0 Å². The first-order chi connectivity index (χ1) is 14.8. The van der Waals surface area contributed by atoms with Crippen molar-refractivity contribution in [1.82, 2.24) is 29.3 Å². The number of nitrogens with zero attached hydrogens (tertiary/aromatic N) is 6. The minimum absolute atomic E-state index is 0.311. The Morgan fingerprint density at radius 2 is 1.81 bits per heavy atom. The molecule has 0 aliphatic rings. The summed E-state index contributed by atoms with van der Waals surface area (Å²) >= 11 is 0. The maximum absolute atomic E-state index is 14.3. The van der Waals surface area contributed by atoms with Gasteiger partial charge in [-0.3, -0.25) is 9.13 Å². The van der Waals surface area contributed by atoms with Crippen molar-refractivity contribution in [3.63, 3.8) is 0 Å². The number of aliphatic hydroxyl groups is 2. The molecule has 2 aromatic carbocycles. The average molecular weight is 428 g/mol. The van der Waals surface area contributed by atoms with Gasteiger partial charge in [0.05, 0.1) is 24.0 Å². The lowest BCUT2D eigenvalue weighted by Gasteiger charge is -2.33. The summed E-state index contributed by atoms with van der Waals surface area (Å²) in [6.45, 7) is 0.584. The third kappa shape index (κ3) is 3.53. The van der Waals surface area contributed by atoms with E-state index in [1.165, 1.54) is 39.5 Å². The number of tetrazole rings is 1. The molecule has 4 aromatic rings. The fourth-order valence-corrected chi connectivity index (χ4v) is 3.44. The van der Waals surface area contributed by atoms with Gasteiger partial charge in [0.2, 0.25) is 0 Å². The molecular weight excluding hydrogens is 410 g/mol. The lowest BCUT2D eigenvalue weighted by Crippen LogP contribution is -2.43. The van der Waals surface area contributed by atoms with Crippen LogP contribution in [0.25, 0.3) is 11.4 Å². The number of benzene rings is 2. The molecular formula is C20H18F2N6O3. The number of halogens is 2. The first-order valence-electron chi connectivity index (χ1n) is 9.27. The van der Waals surface area contributed by atoms with Crippen molar-refractivity contribution in [1.29, 1.82) is 0 Å². The van der Waals surface area contributed by atoms with Crippen LogP contribution >= 0.6 is 0 Å². The zero-order valence-electron chi connectivity index (χ0n) is 16.3. The standard InChI is InChI=1S/C20H18F2N6O3/c1-13(20(31,11-29)17-7-2-14(21)10-18(17)22)26-8-9-27(19(26)30)15-3-5-16(6-4-15)28-12-23-24-25-28/h2-10,12-13,29,31H,11H2,1H3/t13-,20+/m1/s1. The van der Waals surface area contributed by atoms with Gasteiger partial charge in [-0.25, -0.2) is 18.3 Å². The Kier molecular flexibility index (Phi) is 5.21. The second-order valence-electron chi connectivity index (χ2n) is 7.01. The molecule has 11 heteroatoms. The summed E-state index contributed by atoms with van der Waals surface area (Å²) in [7, 11) is 0. The zero-order chi connectivity index (χ0) is 22.2. The third-order valence-electron chi connectivity index (χ3n) is 5.29. The molecule has 0 radical (unpaired) electrons.